The van der Waals surface area contributed by atoms with E-state index in [-0.39, 0.29) is 0 Å². The van der Waals surface area contributed by atoms with Crippen molar-refractivity contribution in [1.29, 1.82) is 0 Å². The van der Waals surface area contributed by atoms with Gasteiger partial charge < -0.3 is 9.11 Å². The largest absolute Gasteiger partial charge is 0.748 e. The van der Waals surface area contributed by atoms with Crippen LogP contribution in [0.15, 0.2) is 37.4 Å². The molecule has 2 rings (SSSR count). The van der Waals surface area contributed by atoms with E-state index in [1.807, 2.05) is 0 Å². The van der Waals surface area contributed by atoms with Gasteiger partial charge in [0.15, 0.2) is 0 Å². The highest BCUT2D eigenvalue weighted by Gasteiger charge is 2.05. The number of unbranched alkanes of at least 4 members (excludes halogenated alkanes) is 25. The van der Waals surface area contributed by atoms with Crippen LogP contribution in [0.25, 0.3) is 0 Å². The minimum atomic E-state index is -3.92. The van der Waals surface area contributed by atoms with E-state index in [1.54, 1.807) is 0 Å². The Labute approximate surface area is 333 Å². The third-order valence-electron chi connectivity index (χ3n) is 9.61. The fourth-order valence-electron chi connectivity index (χ4n) is 6.62. The summed E-state index contributed by atoms with van der Waals surface area (Å²) >= 11 is 0. The van der Waals surface area contributed by atoms with Crippen LogP contribution in [-0.4, -0.2) is 47.6 Å². The molecule has 0 unspecified atom stereocenters. The molecule has 0 bridgehead atoms. The van der Waals surface area contributed by atoms with Gasteiger partial charge in [-0.2, -0.15) is 0 Å². The minimum Gasteiger partial charge on any atom is -0.748 e. The van der Waals surface area contributed by atoms with Gasteiger partial charge in [-0.15, -0.1) is 0 Å². The highest BCUT2D eigenvalue weighted by atomic mass is 32.2. The molecule has 0 atom stereocenters. The molecule has 0 aliphatic carbocycles. The lowest BCUT2D eigenvalue weighted by atomic mass is 10.1. The molecular weight excluding hydrogens is 721 g/mol. The fraction of sp³-hybridized carbons (Fsp3) is 0.857. The van der Waals surface area contributed by atoms with Crippen LogP contribution in [0, 0.1) is 0 Å². The van der Waals surface area contributed by atoms with Crippen molar-refractivity contribution in [2.75, 3.05) is 12.5 Å². The molecule has 0 radical (unpaired) electrons. The van der Waals surface area contributed by atoms with E-state index < -0.39 is 20.2 Å². The Morgan fingerprint density at radius 2 is 0.630 bits per heavy atom. The van der Waals surface area contributed by atoms with Crippen LogP contribution in [-0.2, 0) is 46.4 Å². The Balaban J connectivity index is 0.00000247. The predicted molar refractivity (Wildman–Crippen MR) is 221 cm³/mol. The summed E-state index contributed by atoms with van der Waals surface area (Å²) in [4.78, 5) is 0. The molecule has 2 aromatic heterocycles. The van der Waals surface area contributed by atoms with Crippen molar-refractivity contribution in [3.05, 3.63) is 37.4 Å². The standard InChI is InChI=1S/C40H76N4.2CH4O3S/c1-3-5-7-9-11-13-15-19-23-27-31-41-35-37-43(39-41)33-29-25-21-17-18-22-26-30-34-44-38-36-42(40-44)32-28-24-20-16-14-12-10-8-6-4-2;2*1-5(2,3)4/h35-40H,3-34H2,1-2H3;2*1H3,(H,2,3,4)/q+2;;/p-2. The highest BCUT2D eigenvalue weighted by Crippen LogP contribution is 2.13. The maximum Gasteiger partial charge on any atom is 0.243 e. The normalized spacial score (nSPS) is 11.6. The summed E-state index contributed by atoms with van der Waals surface area (Å²) in [6, 6.07) is 0. The summed E-state index contributed by atoms with van der Waals surface area (Å²) in [5, 5.41) is 0. The summed E-state index contributed by atoms with van der Waals surface area (Å²) in [6.45, 7) is 9.34. The number of aromatic nitrogens is 4. The van der Waals surface area contributed by atoms with E-state index in [2.05, 4.69) is 69.6 Å². The van der Waals surface area contributed by atoms with Crippen LogP contribution in [0.5, 0.6) is 0 Å². The van der Waals surface area contributed by atoms with E-state index in [9.17, 15) is 0 Å². The molecule has 318 valence electrons. The van der Waals surface area contributed by atoms with E-state index in [0.717, 1.165) is 0 Å². The van der Waals surface area contributed by atoms with Gasteiger partial charge in [-0.25, -0.2) is 35.1 Å². The molecule has 0 fully saturated rings. The van der Waals surface area contributed by atoms with E-state index >= 15 is 0 Å². The number of imidazole rings is 2. The first-order valence-corrected chi connectivity index (χ1v) is 25.4. The van der Waals surface area contributed by atoms with Gasteiger partial charge in [0.05, 0.1) is 46.4 Å². The Hall–Kier alpha value is -1.76. The van der Waals surface area contributed by atoms with Crippen molar-refractivity contribution in [3.63, 3.8) is 0 Å². The van der Waals surface area contributed by atoms with Crippen molar-refractivity contribution in [2.45, 2.75) is 220 Å². The minimum absolute atomic E-state index is 0.604. The number of hydrogen-bond acceptors (Lipinski definition) is 6. The average molecular weight is 803 g/mol. The molecule has 0 aromatic carbocycles. The Bertz CT molecular complexity index is 1200. The summed E-state index contributed by atoms with van der Waals surface area (Å²) in [5.41, 5.74) is 0. The molecule has 0 spiro atoms. The highest BCUT2D eigenvalue weighted by molar-refractivity contribution is 7.85. The molecule has 0 saturated heterocycles. The summed E-state index contributed by atoms with van der Waals surface area (Å²) in [6.07, 6.45) is 54.3. The molecule has 0 aliphatic heterocycles. The van der Waals surface area contributed by atoms with Crippen LogP contribution in [0.1, 0.15) is 194 Å². The third-order valence-corrected chi connectivity index (χ3v) is 9.61. The van der Waals surface area contributed by atoms with Gasteiger partial charge in [0.25, 0.3) is 0 Å². The molecule has 0 saturated carbocycles. The fourth-order valence-corrected chi connectivity index (χ4v) is 6.62. The topological polar surface area (TPSA) is 132 Å². The molecule has 2 aromatic rings. The van der Waals surface area contributed by atoms with Crippen LogP contribution >= 0.6 is 0 Å². The van der Waals surface area contributed by atoms with Crippen molar-refractivity contribution >= 4 is 20.2 Å². The average Bonchev–Trinajstić information content (AvgIpc) is 3.75. The molecule has 0 N–H and O–H groups in total. The van der Waals surface area contributed by atoms with Gasteiger partial charge in [-0.05, 0) is 51.4 Å². The number of hydrogen-bond donors (Lipinski definition) is 0. The van der Waals surface area contributed by atoms with Crippen molar-refractivity contribution < 1.29 is 35.1 Å². The first-order chi connectivity index (χ1) is 25.8. The van der Waals surface area contributed by atoms with Gasteiger partial charge in [-0.1, -0.05) is 142 Å². The van der Waals surface area contributed by atoms with Crippen LogP contribution in [0.2, 0.25) is 0 Å². The Morgan fingerprint density at radius 3 is 0.889 bits per heavy atom. The zero-order chi connectivity index (χ0) is 40.2. The number of aryl methyl sites for hydroxylation is 4. The van der Waals surface area contributed by atoms with E-state index in [0.29, 0.717) is 12.5 Å². The van der Waals surface area contributed by atoms with Gasteiger partial charge in [0.1, 0.15) is 24.8 Å². The zero-order valence-corrected chi connectivity index (χ0v) is 36.8. The lowest BCUT2D eigenvalue weighted by molar-refractivity contribution is -0.697. The molecule has 54 heavy (non-hydrogen) atoms. The smallest absolute Gasteiger partial charge is 0.243 e. The lowest BCUT2D eigenvalue weighted by Crippen LogP contribution is -2.30. The number of rotatable bonds is 33. The van der Waals surface area contributed by atoms with Crippen LogP contribution < -0.4 is 9.13 Å². The van der Waals surface area contributed by atoms with Gasteiger partial charge >= 0.3 is 0 Å². The van der Waals surface area contributed by atoms with Gasteiger partial charge in [0.2, 0.25) is 12.7 Å². The van der Waals surface area contributed by atoms with Crippen molar-refractivity contribution in [1.82, 2.24) is 9.13 Å². The van der Waals surface area contributed by atoms with E-state index in [1.165, 1.54) is 206 Å². The third kappa shape index (κ3) is 43.0. The second-order valence-corrected chi connectivity index (χ2v) is 18.2. The SMILES string of the molecule is CCCCCCCCCCCC[n+]1ccn(CCCCCCCCCCn2cc[n+](CCCCCCCCCCCC)c2)c1.CS(=O)(=O)[O-].CS(=O)(=O)[O-]. The van der Waals surface area contributed by atoms with Gasteiger partial charge in [-0.3, -0.25) is 0 Å². The lowest BCUT2D eigenvalue weighted by Gasteiger charge is -2.02. The quantitative estimate of drug-likeness (QED) is 0.0401. The van der Waals surface area contributed by atoms with Crippen molar-refractivity contribution in [2.24, 2.45) is 0 Å². The summed E-state index contributed by atoms with van der Waals surface area (Å²) < 4.78 is 64.1. The first kappa shape index (κ1) is 52.2. The predicted octanol–water partition coefficient (Wildman–Crippen LogP) is 9.85. The van der Waals surface area contributed by atoms with Crippen LogP contribution in [0.4, 0.5) is 0 Å². The van der Waals surface area contributed by atoms with E-state index in [4.69, 9.17) is 25.9 Å². The second kappa shape index (κ2) is 35.6. The van der Waals surface area contributed by atoms with Crippen LogP contribution in [0.3, 0.4) is 0 Å². The zero-order valence-electron chi connectivity index (χ0n) is 35.1. The molecule has 10 nitrogen and oxygen atoms in total. The van der Waals surface area contributed by atoms with Crippen molar-refractivity contribution in [3.8, 4) is 0 Å². The Morgan fingerprint density at radius 1 is 0.407 bits per heavy atom. The molecule has 12 heteroatoms. The maximum atomic E-state index is 9.08. The molecule has 0 amide bonds. The molecular formula is C42H82N4O6S2. The molecule has 0 aliphatic rings. The summed E-state index contributed by atoms with van der Waals surface area (Å²) in [7, 11) is -7.83. The first-order valence-electron chi connectivity index (χ1n) is 21.7. The Kier molecular flexibility index (Phi) is 34.5. The maximum absolute atomic E-state index is 9.08. The monoisotopic (exact) mass is 803 g/mol. The molecule has 2 heterocycles. The number of nitrogens with zero attached hydrogens (tertiary/aromatic N) is 4. The summed E-state index contributed by atoms with van der Waals surface area (Å²) in [5.74, 6) is 0. The second-order valence-electron chi connectivity index (χ2n) is 15.4. The van der Waals surface area contributed by atoms with Gasteiger partial charge in [0, 0.05) is 12.5 Å².